The number of amides is 1. The van der Waals surface area contributed by atoms with Gasteiger partial charge >= 0.3 is 0 Å². The number of likely N-dealkylation sites (tertiary alicyclic amines) is 1. The highest BCUT2D eigenvalue weighted by atomic mass is 35.5. The fourth-order valence-electron chi connectivity index (χ4n) is 3.58. The summed E-state index contributed by atoms with van der Waals surface area (Å²) in [6, 6.07) is 9.33. The molecule has 1 saturated heterocycles. The lowest BCUT2D eigenvalue weighted by Crippen LogP contribution is -2.39. The zero-order valence-corrected chi connectivity index (χ0v) is 16.6. The average Bonchev–Trinajstić information content (AvgIpc) is 2.88. The zero-order valence-electron chi connectivity index (χ0n) is 15.0. The van der Waals surface area contributed by atoms with Crippen LogP contribution < -0.4 is 5.32 Å². The number of nitrogens with zero attached hydrogens (tertiary/aromatic N) is 2. The highest BCUT2D eigenvalue weighted by molar-refractivity contribution is 6.42. The van der Waals surface area contributed by atoms with Crippen LogP contribution in [0.25, 0.3) is 0 Å². The molecular weight excluding hydrogens is 369 g/mol. The van der Waals surface area contributed by atoms with Crippen LogP contribution in [0.4, 0.5) is 0 Å². The second-order valence-corrected chi connectivity index (χ2v) is 7.66. The van der Waals surface area contributed by atoms with Crippen molar-refractivity contribution in [1.29, 1.82) is 0 Å². The molecule has 1 aromatic carbocycles. The minimum absolute atomic E-state index is 0.127. The third kappa shape index (κ3) is 4.61. The third-order valence-corrected chi connectivity index (χ3v) is 5.78. The Morgan fingerprint density at radius 2 is 1.85 bits per heavy atom. The summed E-state index contributed by atoms with van der Waals surface area (Å²) in [5, 5.41) is 3.93. The van der Waals surface area contributed by atoms with E-state index in [4.69, 9.17) is 23.2 Å². The van der Waals surface area contributed by atoms with Gasteiger partial charge in [-0.3, -0.25) is 9.69 Å². The first-order valence-corrected chi connectivity index (χ1v) is 9.90. The zero-order chi connectivity index (χ0) is 18.5. The number of rotatable bonds is 5. The number of carbonyl (C=O) groups is 1. The molecule has 3 rings (SSSR count). The summed E-state index contributed by atoms with van der Waals surface area (Å²) in [4.78, 5) is 15.1. The van der Waals surface area contributed by atoms with Crippen LogP contribution in [0.2, 0.25) is 10.0 Å². The molecule has 1 atom stereocenters. The van der Waals surface area contributed by atoms with Crippen LogP contribution >= 0.6 is 23.2 Å². The van der Waals surface area contributed by atoms with Crippen molar-refractivity contribution in [2.45, 2.75) is 31.7 Å². The van der Waals surface area contributed by atoms with Crippen molar-refractivity contribution in [3.8, 4) is 0 Å². The molecule has 2 heterocycles. The van der Waals surface area contributed by atoms with E-state index < -0.39 is 0 Å². The Labute approximate surface area is 165 Å². The van der Waals surface area contributed by atoms with Crippen LogP contribution in [0.3, 0.4) is 0 Å². The van der Waals surface area contributed by atoms with Gasteiger partial charge in [-0.05, 0) is 56.3 Å². The molecule has 1 unspecified atom stereocenters. The van der Waals surface area contributed by atoms with E-state index in [2.05, 4.69) is 40.2 Å². The summed E-state index contributed by atoms with van der Waals surface area (Å²) < 4.78 is 2.14. The van der Waals surface area contributed by atoms with Gasteiger partial charge in [0.2, 0.25) is 0 Å². The summed E-state index contributed by atoms with van der Waals surface area (Å²) >= 11 is 12.0. The largest absolute Gasteiger partial charge is 0.353 e. The highest BCUT2D eigenvalue weighted by Crippen LogP contribution is 2.25. The maximum absolute atomic E-state index is 12.6. The number of nitrogens with one attached hydrogen (secondary N) is 1. The van der Waals surface area contributed by atoms with Crippen LogP contribution in [-0.2, 0) is 7.05 Å². The Morgan fingerprint density at radius 1 is 1.12 bits per heavy atom. The smallest absolute Gasteiger partial charge is 0.251 e. The number of hydrogen-bond acceptors (Lipinski definition) is 2. The Kier molecular flexibility index (Phi) is 6.63. The van der Waals surface area contributed by atoms with E-state index in [0.29, 0.717) is 22.2 Å². The lowest BCUT2D eigenvalue weighted by molar-refractivity contribution is 0.0931. The molecule has 0 spiro atoms. The molecule has 1 aliphatic heterocycles. The number of benzene rings is 1. The van der Waals surface area contributed by atoms with E-state index in [-0.39, 0.29) is 11.9 Å². The van der Waals surface area contributed by atoms with Gasteiger partial charge in [0.25, 0.3) is 5.91 Å². The maximum atomic E-state index is 12.6. The fraction of sp³-hybridized carbons (Fsp3) is 0.450. The molecule has 1 amide bonds. The lowest BCUT2D eigenvalue weighted by atomic mass is 10.1. The Hall–Kier alpha value is -1.49. The molecule has 26 heavy (non-hydrogen) atoms. The van der Waals surface area contributed by atoms with E-state index in [0.717, 1.165) is 13.1 Å². The molecule has 0 saturated carbocycles. The maximum Gasteiger partial charge on any atom is 0.251 e. The Morgan fingerprint density at radius 3 is 2.46 bits per heavy atom. The Bertz CT molecular complexity index is 751. The van der Waals surface area contributed by atoms with Crippen molar-refractivity contribution in [2.75, 3.05) is 19.6 Å². The van der Waals surface area contributed by atoms with Gasteiger partial charge in [0.05, 0.1) is 16.1 Å². The number of halogens is 2. The van der Waals surface area contributed by atoms with E-state index in [9.17, 15) is 4.79 Å². The molecule has 6 heteroatoms. The molecule has 1 N–H and O–H groups in total. The summed E-state index contributed by atoms with van der Waals surface area (Å²) in [6.45, 7) is 2.70. The van der Waals surface area contributed by atoms with Gasteiger partial charge in [-0.15, -0.1) is 0 Å². The second-order valence-electron chi connectivity index (χ2n) is 6.85. The van der Waals surface area contributed by atoms with Gasteiger partial charge < -0.3 is 9.88 Å². The van der Waals surface area contributed by atoms with Crippen molar-refractivity contribution in [3.05, 3.63) is 57.8 Å². The van der Waals surface area contributed by atoms with Crippen LogP contribution in [0, 0.1) is 0 Å². The Balaban J connectivity index is 1.74. The third-order valence-electron chi connectivity index (χ3n) is 5.04. The standard InChI is InChI=1S/C20H25Cl2N3O/c1-24-10-6-7-18(24)19(25-11-4-2-3-5-12-25)14-23-20(26)15-8-9-16(21)17(22)13-15/h6-10,13,19H,2-5,11-12,14H2,1H3,(H,23,26). The first-order chi connectivity index (χ1) is 12.6. The molecule has 0 radical (unpaired) electrons. The van der Waals surface area contributed by atoms with E-state index >= 15 is 0 Å². The van der Waals surface area contributed by atoms with Crippen molar-refractivity contribution in [3.63, 3.8) is 0 Å². The van der Waals surface area contributed by atoms with Crippen LogP contribution in [0.1, 0.15) is 47.8 Å². The molecule has 0 bridgehead atoms. The van der Waals surface area contributed by atoms with E-state index in [1.165, 1.54) is 31.4 Å². The van der Waals surface area contributed by atoms with Gasteiger partial charge in [-0.2, -0.15) is 0 Å². The summed E-state index contributed by atoms with van der Waals surface area (Å²) in [5.74, 6) is -0.127. The molecule has 1 fully saturated rings. The van der Waals surface area contributed by atoms with Crippen LogP contribution in [0.15, 0.2) is 36.5 Å². The normalized spacial score (nSPS) is 16.9. The topological polar surface area (TPSA) is 37.3 Å². The highest BCUT2D eigenvalue weighted by Gasteiger charge is 2.24. The summed E-state index contributed by atoms with van der Waals surface area (Å²) in [7, 11) is 2.06. The summed E-state index contributed by atoms with van der Waals surface area (Å²) in [5.41, 5.74) is 1.75. The van der Waals surface area contributed by atoms with Gasteiger partial charge in [-0.25, -0.2) is 0 Å². The van der Waals surface area contributed by atoms with E-state index in [1.54, 1.807) is 18.2 Å². The molecule has 0 aliphatic carbocycles. The predicted molar refractivity (Wildman–Crippen MR) is 107 cm³/mol. The summed E-state index contributed by atoms with van der Waals surface area (Å²) in [6.07, 6.45) is 7.04. The van der Waals surface area contributed by atoms with Crippen molar-refractivity contribution < 1.29 is 4.79 Å². The molecule has 2 aromatic rings. The van der Waals surface area contributed by atoms with Gasteiger partial charge in [0.15, 0.2) is 0 Å². The SMILES string of the molecule is Cn1cccc1C(CNC(=O)c1ccc(Cl)c(Cl)c1)N1CCCCCC1. The first kappa shape index (κ1) is 19.3. The van der Waals surface area contributed by atoms with Gasteiger partial charge in [-0.1, -0.05) is 36.0 Å². The molecular formula is C20H25Cl2N3O. The van der Waals surface area contributed by atoms with Crippen molar-refractivity contribution in [2.24, 2.45) is 7.05 Å². The molecule has 1 aliphatic rings. The fourth-order valence-corrected chi connectivity index (χ4v) is 3.87. The van der Waals surface area contributed by atoms with Crippen LogP contribution in [0.5, 0.6) is 0 Å². The van der Waals surface area contributed by atoms with E-state index in [1.807, 2.05) is 0 Å². The minimum Gasteiger partial charge on any atom is -0.353 e. The second kappa shape index (κ2) is 8.94. The number of hydrogen-bond donors (Lipinski definition) is 1. The predicted octanol–water partition coefficient (Wildman–Crippen LogP) is 4.68. The van der Waals surface area contributed by atoms with Crippen molar-refractivity contribution >= 4 is 29.1 Å². The molecule has 4 nitrogen and oxygen atoms in total. The average molecular weight is 394 g/mol. The van der Waals surface area contributed by atoms with Gasteiger partial charge in [0.1, 0.15) is 0 Å². The number of aryl methyl sites for hydroxylation is 1. The number of aromatic nitrogens is 1. The van der Waals surface area contributed by atoms with Gasteiger partial charge in [0, 0.05) is 31.0 Å². The minimum atomic E-state index is -0.127. The molecule has 140 valence electrons. The quantitative estimate of drug-likeness (QED) is 0.800. The monoisotopic (exact) mass is 393 g/mol. The molecule has 1 aromatic heterocycles. The lowest BCUT2D eigenvalue weighted by Gasteiger charge is -2.31. The number of carbonyl (C=O) groups excluding carboxylic acids is 1. The van der Waals surface area contributed by atoms with Crippen molar-refractivity contribution in [1.82, 2.24) is 14.8 Å². The first-order valence-electron chi connectivity index (χ1n) is 9.15. The van der Waals surface area contributed by atoms with Crippen LogP contribution in [-0.4, -0.2) is 35.0 Å².